The molecule has 0 spiro atoms. The van der Waals surface area contributed by atoms with Crippen LogP contribution in [0.4, 0.5) is 0 Å². The fraction of sp³-hybridized carbons (Fsp3) is 0.226. The van der Waals surface area contributed by atoms with E-state index in [1.165, 1.54) is 0 Å². The van der Waals surface area contributed by atoms with Crippen molar-refractivity contribution >= 4 is 21.4 Å². The predicted molar refractivity (Wildman–Crippen MR) is 151 cm³/mol. The van der Waals surface area contributed by atoms with Crippen LogP contribution < -0.4 is 0 Å². The van der Waals surface area contributed by atoms with E-state index < -0.39 is 15.9 Å². The summed E-state index contributed by atoms with van der Waals surface area (Å²) in [4.78, 5) is 2.48. The maximum absolute atomic E-state index is 13.2. The molecule has 5 nitrogen and oxygen atoms in total. The SMILES string of the molecule is Cc1ccc(S(=O)(=O)c2ccc(CCN(Cc3ccccc3)CC(O)c3cccc(Cl)c3)cc2)c(C)c1O. The number of halogens is 1. The van der Waals surface area contributed by atoms with Gasteiger partial charge in [-0.2, -0.15) is 0 Å². The van der Waals surface area contributed by atoms with E-state index in [-0.39, 0.29) is 15.5 Å². The minimum absolute atomic E-state index is 0.00108. The molecule has 0 radical (unpaired) electrons. The first-order valence-electron chi connectivity index (χ1n) is 12.5. The lowest BCUT2D eigenvalue weighted by atomic mass is 10.1. The van der Waals surface area contributed by atoms with Crippen LogP contribution in [0, 0.1) is 13.8 Å². The highest BCUT2D eigenvalue weighted by Crippen LogP contribution is 2.31. The van der Waals surface area contributed by atoms with Gasteiger partial charge in [-0.3, -0.25) is 4.90 Å². The van der Waals surface area contributed by atoms with Crippen LogP contribution in [-0.2, 0) is 22.8 Å². The molecule has 0 aliphatic rings. The maximum atomic E-state index is 13.2. The molecule has 0 fully saturated rings. The molecule has 4 aromatic carbocycles. The van der Waals surface area contributed by atoms with Gasteiger partial charge >= 0.3 is 0 Å². The predicted octanol–water partition coefficient (Wildman–Crippen LogP) is 6.27. The zero-order chi connectivity index (χ0) is 27.3. The number of hydrogen-bond acceptors (Lipinski definition) is 5. The molecule has 0 amide bonds. The van der Waals surface area contributed by atoms with Crippen molar-refractivity contribution in [3.63, 3.8) is 0 Å². The number of aromatic hydroxyl groups is 1. The Morgan fingerprint density at radius 1 is 0.868 bits per heavy atom. The summed E-state index contributed by atoms with van der Waals surface area (Å²) in [6, 6.07) is 27.4. The Morgan fingerprint density at radius 2 is 1.58 bits per heavy atom. The molecule has 4 rings (SSSR count). The van der Waals surface area contributed by atoms with E-state index in [0.29, 0.717) is 42.2 Å². The lowest BCUT2D eigenvalue weighted by Gasteiger charge is -2.25. The van der Waals surface area contributed by atoms with Gasteiger partial charge in [0.25, 0.3) is 0 Å². The van der Waals surface area contributed by atoms with Gasteiger partial charge in [-0.1, -0.05) is 72.3 Å². The number of benzene rings is 4. The number of nitrogens with zero attached hydrogens (tertiary/aromatic N) is 1. The van der Waals surface area contributed by atoms with Gasteiger partial charge < -0.3 is 10.2 Å². The summed E-state index contributed by atoms with van der Waals surface area (Å²) in [5, 5.41) is 21.7. The van der Waals surface area contributed by atoms with Crippen molar-refractivity contribution in [2.75, 3.05) is 13.1 Å². The average molecular weight is 550 g/mol. The molecule has 38 heavy (non-hydrogen) atoms. The molecule has 4 aromatic rings. The second kappa shape index (κ2) is 12.1. The quantitative estimate of drug-likeness (QED) is 0.244. The fourth-order valence-corrected chi connectivity index (χ4v) is 6.19. The summed E-state index contributed by atoms with van der Waals surface area (Å²) in [6.45, 7) is 5.12. The Hall–Kier alpha value is -3.16. The summed E-state index contributed by atoms with van der Waals surface area (Å²) < 4.78 is 26.4. The molecule has 198 valence electrons. The monoisotopic (exact) mass is 549 g/mol. The molecule has 2 N–H and O–H groups in total. The summed E-state index contributed by atoms with van der Waals surface area (Å²) in [6.07, 6.45) is -0.0149. The molecule has 1 atom stereocenters. The van der Waals surface area contributed by atoms with Gasteiger partial charge in [-0.05, 0) is 72.9 Å². The van der Waals surface area contributed by atoms with Gasteiger partial charge in [-0.15, -0.1) is 0 Å². The van der Waals surface area contributed by atoms with Crippen LogP contribution >= 0.6 is 11.6 Å². The van der Waals surface area contributed by atoms with Crippen LogP contribution in [0.1, 0.15) is 33.9 Å². The molecule has 0 aliphatic carbocycles. The molecule has 0 saturated carbocycles. The zero-order valence-corrected chi connectivity index (χ0v) is 23.1. The van der Waals surface area contributed by atoms with Crippen molar-refractivity contribution in [2.24, 2.45) is 0 Å². The highest BCUT2D eigenvalue weighted by atomic mass is 35.5. The number of phenols is 1. The van der Waals surface area contributed by atoms with E-state index in [4.69, 9.17) is 11.6 Å². The second-order valence-electron chi connectivity index (χ2n) is 9.54. The van der Waals surface area contributed by atoms with Crippen molar-refractivity contribution in [1.82, 2.24) is 4.90 Å². The number of aryl methyl sites for hydroxylation is 1. The molecule has 0 aromatic heterocycles. The Morgan fingerprint density at radius 3 is 2.26 bits per heavy atom. The zero-order valence-electron chi connectivity index (χ0n) is 21.5. The standard InChI is InChI=1S/C31H32ClNO4S/c1-22-11-16-30(23(2)31(22)35)38(36,37)28-14-12-24(13-15-28)17-18-33(20-25-7-4-3-5-8-25)21-29(34)26-9-6-10-27(32)19-26/h3-16,19,29,34-35H,17-18,20-21H2,1-2H3. The number of hydrogen-bond donors (Lipinski definition) is 2. The second-order valence-corrected chi connectivity index (χ2v) is 11.9. The van der Waals surface area contributed by atoms with Gasteiger partial charge in [0.1, 0.15) is 5.75 Å². The van der Waals surface area contributed by atoms with Crippen molar-refractivity contribution in [2.45, 2.75) is 42.7 Å². The lowest BCUT2D eigenvalue weighted by Crippen LogP contribution is -2.30. The topological polar surface area (TPSA) is 77.8 Å². The van der Waals surface area contributed by atoms with E-state index in [0.717, 1.165) is 16.7 Å². The Bertz CT molecular complexity index is 1490. The fourth-order valence-electron chi connectivity index (χ4n) is 4.50. The van der Waals surface area contributed by atoms with Crippen molar-refractivity contribution in [3.8, 4) is 5.75 Å². The van der Waals surface area contributed by atoms with Gasteiger partial charge in [0.05, 0.1) is 15.9 Å². The minimum atomic E-state index is -3.76. The van der Waals surface area contributed by atoms with Gasteiger partial charge in [-0.25, -0.2) is 8.42 Å². The minimum Gasteiger partial charge on any atom is -0.507 e. The van der Waals surface area contributed by atoms with Crippen LogP contribution in [0.5, 0.6) is 5.75 Å². The van der Waals surface area contributed by atoms with E-state index in [1.54, 1.807) is 50.2 Å². The van der Waals surface area contributed by atoms with E-state index in [9.17, 15) is 18.6 Å². The number of phenolic OH excluding ortho intramolecular Hbond substituents is 1. The first-order valence-corrected chi connectivity index (χ1v) is 14.3. The third-order valence-electron chi connectivity index (χ3n) is 6.74. The first-order chi connectivity index (χ1) is 18.1. The Labute approximate surface area is 229 Å². The molecular weight excluding hydrogens is 518 g/mol. The largest absolute Gasteiger partial charge is 0.507 e. The van der Waals surface area contributed by atoms with Gasteiger partial charge in [0.15, 0.2) is 0 Å². The van der Waals surface area contributed by atoms with Crippen molar-refractivity contribution in [3.05, 3.63) is 124 Å². The summed E-state index contributed by atoms with van der Waals surface area (Å²) in [7, 11) is -3.76. The van der Waals surface area contributed by atoms with E-state index >= 15 is 0 Å². The normalized spacial score (nSPS) is 12.6. The molecule has 7 heteroatoms. The van der Waals surface area contributed by atoms with Crippen molar-refractivity contribution in [1.29, 1.82) is 0 Å². The Balaban J connectivity index is 1.49. The number of sulfone groups is 1. The van der Waals surface area contributed by atoms with Crippen LogP contribution in [0.25, 0.3) is 0 Å². The smallest absolute Gasteiger partial charge is 0.206 e. The lowest BCUT2D eigenvalue weighted by molar-refractivity contribution is 0.109. The van der Waals surface area contributed by atoms with Gasteiger partial charge in [0.2, 0.25) is 9.84 Å². The summed E-state index contributed by atoms with van der Waals surface area (Å²) >= 11 is 6.12. The van der Waals surface area contributed by atoms with Crippen molar-refractivity contribution < 1.29 is 18.6 Å². The highest BCUT2D eigenvalue weighted by molar-refractivity contribution is 7.91. The maximum Gasteiger partial charge on any atom is 0.206 e. The van der Waals surface area contributed by atoms with Crippen LogP contribution in [-0.4, -0.2) is 36.6 Å². The van der Waals surface area contributed by atoms with Crippen LogP contribution in [0.15, 0.2) is 101 Å². The molecule has 0 saturated heterocycles. The number of aliphatic hydroxyl groups excluding tert-OH is 1. The van der Waals surface area contributed by atoms with Crippen LogP contribution in [0.3, 0.4) is 0 Å². The van der Waals surface area contributed by atoms with Crippen LogP contribution in [0.2, 0.25) is 5.02 Å². The summed E-state index contributed by atoms with van der Waals surface area (Å²) in [5.41, 5.74) is 3.88. The van der Waals surface area contributed by atoms with Gasteiger partial charge in [0, 0.05) is 30.2 Å². The first kappa shape index (κ1) is 27.9. The Kier molecular flexibility index (Phi) is 8.90. The average Bonchev–Trinajstić information content (AvgIpc) is 2.91. The molecule has 1 unspecified atom stereocenters. The third-order valence-corrected chi connectivity index (χ3v) is 8.89. The van der Waals surface area contributed by atoms with E-state index in [2.05, 4.69) is 17.0 Å². The molecule has 0 heterocycles. The highest BCUT2D eigenvalue weighted by Gasteiger charge is 2.22. The number of aliphatic hydroxyl groups is 1. The van der Waals surface area contributed by atoms with E-state index in [1.807, 2.05) is 42.5 Å². The summed E-state index contributed by atoms with van der Waals surface area (Å²) in [5.74, 6) is 0.00108. The molecule has 0 aliphatic heterocycles. The third kappa shape index (κ3) is 6.63. The number of rotatable bonds is 10. The molecular formula is C31H32ClNO4S. The molecule has 0 bridgehead atoms.